The Balaban J connectivity index is 2.37. The molecule has 2 aromatic rings. The Bertz CT molecular complexity index is 577. The molecule has 3 nitrogen and oxygen atoms in total. The number of hydrogen-bond donors (Lipinski definition) is 1. The monoisotopic (exact) mass is 437 g/mol. The lowest BCUT2D eigenvalue weighted by atomic mass is 10.2. The molecular formula is C12H10BrClIN3. The van der Waals surface area contributed by atoms with Gasteiger partial charge in [0.2, 0.25) is 0 Å². The van der Waals surface area contributed by atoms with E-state index in [0.717, 1.165) is 28.0 Å². The van der Waals surface area contributed by atoms with Crippen LogP contribution in [0.2, 0.25) is 5.15 Å². The summed E-state index contributed by atoms with van der Waals surface area (Å²) in [5.41, 5.74) is 1.88. The molecule has 0 saturated heterocycles. The summed E-state index contributed by atoms with van der Waals surface area (Å²) in [5, 5.41) is 3.77. The van der Waals surface area contributed by atoms with Crippen molar-refractivity contribution in [3.05, 3.63) is 43.3 Å². The van der Waals surface area contributed by atoms with E-state index in [4.69, 9.17) is 11.6 Å². The van der Waals surface area contributed by atoms with Crippen LogP contribution in [0.4, 0.5) is 11.5 Å². The molecule has 0 aliphatic heterocycles. The third kappa shape index (κ3) is 3.13. The molecule has 0 radical (unpaired) electrons. The maximum atomic E-state index is 6.06. The van der Waals surface area contributed by atoms with Gasteiger partial charge in [-0.25, -0.2) is 9.97 Å². The molecule has 1 aromatic carbocycles. The van der Waals surface area contributed by atoms with Crippen molar-refractivity contribution in [3.8, 4) is 0 Å². The topological polar surface area (TPSA) is 37.8 Å². The van der Waals surface area contributed by atoms with Crippen molar-refractivity contribution < 1.29 is 0 Å². The lowest BCUT2D eigenvalue weighted by Crippen LogP contribution is -2.01. The molecule has 0 amide bonds. The number of rotatable bonds is 3. The van der Waals surface area contributed by atoms with E-state index < -0.39 is 0 Å². The van der Waals surface area contributed by atoms with Crippen molar-refractivity contribution >= 4 is 61.6 Å². The fourth-order valence-electron chi connectivity index (χ4n) is 1.53. The molecule has 0 spiro atoms. The Morgan fingerprint density at radius 1 is 1.39 bits per heavy atom. The summed E-state index contributed by atoms with van der Waals surface area (Å²) >= 11 is 11.9. The number of hydrogen-bond acceptors (Lipinski definition) is 3. The molecule has 2 rings (SSSR count). The minimum absolute atomic E-state index is 0.497. The lowest BCUT2D eigenvalue weighted by molar-refractivity contribution is 1.05. The third-order valence-electron chi connectivity index (χ3n) is 2.43. The van der Waals surface area contributed by atoms with Gasteiger partial charge in [-0.1, -0.05) is 18.5 Å². The van der Waals surface area contributed by atoms with Crippen LogP contribution in [0.5, 0.6) is 0 Å². The predicted molar refractivity (Wildman–Crippen MR) is 86.6 cm³/mol. The van der Waals surface area contributed by atoms with Gasteiger partial charge in [-0.2, -0.15) is 0 Å². The summed E-state index contributed by atoms with van der Waals surface area (Å²) in [5.74, 6) is 0.749. The van der Waals surface area contributed by atoms with Gasteiger partial charge in [0.05, 0.1) is 5.69 Å². The van der Waals surface area contributed by atoms with Gasteiger partial charge in [-0.3, -0.25) is 0 Å². The van der Waals surface area contributed by atoms with Crippen LogP contribution >= 0.6 is 50.1 Å². The Labute approximate surface area is 133 Å². The molecule has 94 valence electrons. The van der Waals surface area contributed by atoms with Crippen molar-refractivity contribution in [2.24, 2.45) is 0 Å². The van der Waals surface area contributed by atoms with Gasteiger partial charge in [-0.05, 0) is 63.1 Å². The highest BCUT2D eigenvalue weighted by Gasteiger charge is 2.09. The highest BCUT2D eigenvalue weighted by atomic mass is 127. The second-order valence-corrected chi connectivity index (χ2v) is 6.05. The van der Waals surface area contributed by atoms with Gasteiger partial charge in [-0.15, -0.1) is 0 Å². The Hall–Kier alpha value is -0.400. The van der Waals surface area contributed by atoms with Crippen LogP contribution in [0.25, 0.3) is 0 Å². The summed E-state index contributed by atoms with van der Waals surface area (Å²) in [4.78, 5) is 8.23. The first-order valence-electron chi connectivity index (χ1n) is 5.33. The SMILES string of the molecule is CCc1c(Cl)ncnc1Nc1ccc(I)cc1Br. The number of benzene rings is 1. The van der Waals surface area contributed by atoms with Crippen LogP contribution in [0.3, 0.4) is 0 Å². The fraction of sp³-hybridized carbons (Fsp3) is 0.167. The quantitative estimate of drug-likeness (QED) is 0.553. The van der Waals surface area contributed by atoms with E-state index in [-0.39, 0.29) is 0 Å². The van der Waals surface area contributed by atoms with Crippen LogP contribution in [0.1, 0.15) is 12.5 Å². The van der Waals surface area contributed by atoms with Crippen LogP contribution in [0, 0.1) is 3.57 Å². The first-order valence-corrected chi connectivity index (χ1v) is 7.58. The summed E-state index contributed by atoms with van der Waals surface area (Å²) in [6.07, 6.45) is 2.24. The van der Waals surface area contributed by atoms with Crippen LogP contribution in [-0.4, -0.2) is 9.97 Å². The number of halogens is 3. The molecule has 6 heteroatoms. The highest BCUT2D eigenvalue weighted by molar-refractivity contribution is 14.1. The zero-order valence-corrected chi connectivity index (χ0v) is 14.0. The van der Waals surface area contributed by atoms with E-state index in [9.17, 15) is 0 Å². The van der Waals surface area contributed by atoms with Gasteiger partial charge >= 0.3 is 0 Å². The smallest absolute Gasteiger partial charge is 0.138 e. The second-order valence-electron chi connectivity index (χ2n) is 3.59. The minimum Gasteiger partial charge on any atom is -0.339 e. The average Bonchev–Trinajstić information content (AvgIpc) is 2.33. The molecule has 1 N–H and O–H groups in total. The van der Waals surface area contributed by atoms with Gasteiger partial charge in [0, 0.05) is 13.6 Å². The number of nitrogens with one attached hydrogen (secondary N) is 1. The van der Waals surface area contributed by atoms with Gasteiger partial charge < -0.3 is 5.32 Å². The first-order chi connectivity index (χ1) is 8.61. The fourth-order valence-corrected chi connectivity index (χ4v) is 3.19. The van der Waals surface area contributed by atoms with Crippen molar-refractivity contribution in [1.82, 2.24) is 9.97 Å². The Kier molecular flexibility index (Phi) is 4.80. The standard InChI is InChI=1S/C12H10BrClIN3/c1-2-8-11(14)16-6-17-12(8)18-10-4-3-7(15)5-9(10)13/h3-6H,2H2,1H3,(H,16,17,18). The van der Waals surface area contributed by atoms with Crippen LogP contribution < -0.4 is 5.32 Å². The lowest BCUT2D eigenvalue weighted by Gasteiger charge is -2.12. The average molecular weight is 438 g/mol. The van der Waals surface area contributed by atoms with Crippen molar-refractivity contribution in [3.63, 3.8) is 0 Å². The van der Waals surface area contributed by atoms with E-state index in [1.54, 1.807) is 0 Å². The molecule has 0 saturated carbocycles. The number of nitrogens with zero attached hydrogens (tertiary/aromatic N) is 2. The first kappa shape index (κ1) is 14.0. The van der Waals surface area contributed by atoms with E-state index in [2.05, 4.69) is 53.8 Å². The molecule has 0 aliphatic rings. The molecule has 0 bridgehead atoms. The predicted octanol–water partition coefficient (Wildman–Crippen LogP) is 4.80. The molecule has 1 aromatic heterocycles. The van der Waals surface area contributed by atoms with Crippen molar-refractivity contribution in [1.29, 1.82) is 0 Å². The molecule has 0 atom stereocenters. The highest BCUT2D eigenvalue weighted by Crippen LogP contribution is 2.29. The van der Waals surface area contributed by atoms with Gasteiger partial charge in [0.25, 0.3) is 0 Å². The molecule has 0 unspecified atom stereocenters. The van der Waals surface area contributed by atoms with Gasteiger partial charge in [0.1, 0.15) is 17.3 Å². The minimum atomic E-state index is 0.497. The molecule has 1 heterocycles. The third-order valence-corrected chi connectivity index (χ3v) is 4.08. The normalized spacial score (nSPS) is 10.4. The number of aromatic nitrogens is 2. The maximum absolute atomic E-state index is 6.06. The molecular weight excluding hydrogens is 428 g/mol. The Morgan fingerprint density at radius 2 is 2.17 bits per heavy atom. The largest absolute Gasteiger partial charge is 0.339 e. The number of anilines is 2. The van der Waals surface area contributed by atoms with Crippen LogP contribution in [-0.2, 0) is 6.42 Å². The zero-order valence-electron chi connectivity index (χ0n) is 9.54. The maximum Gasteiger partial charge on any atom is 0.138 e. The van der Waals surface area contributed by atoms with Crippen molar-refractivity contribution in [2.75, 3.05) is 5.32 Å². The Morgan fingerprint density at radius 3 is 2.83 bits per heavy atom. The summed E-state index contributed by atoms with van der Waals surface area (Å²) in [7, 11) is 0. The molecule has 0 aliphatic carbocycles. The molecule has 18 heavy (non-hydrogen) atoms. The van der Waals surface area contributed by atoms with Crippen LogP contribution in [0.15, 0.2) is 29.0 Å². The summed E-state index contributed by atoms with van der Waals surface area (Å²) in [6, 6.07) is 6.07. The van der Waals surface area contributed by atoms with Crippen molar-refractivity contribution in [2.45, 2.75) is 13.3 Å². The summed E-state index contributed by atoms with van der Waals surface area (Å²) in [6.45, 7) is 2.03. The van der Waals surface area contributed by atoms with E-state index in [1.165, 1.54) is 9.90 Å². The van der Waals surface area contributed by atoms with E-state index >= 15 is 0 Å². The zero-order chi connectivity index (χ0) is 13.1. The van der Waals surface area contributed by atoms with E-state index in [1.807, 2.05) is 25.1 Å². The van der Waals surface area contributed by atoms with E-state index in [0.29, 0.717) is 5.15 Å². The molecule has 0 fully saturated rings. The second kappa shape index (κ2) is 6.16. The summed E-state index contributed by atoms with van der Waals surface area (Å²) < 4.78 is 2.16. The van der Waals surface area contributed by atoms with Gasteiger partial charge in [0.15, 0.2) is 0 Å².